The van der Waals surface area contributed by atoms with Gasteiger partial charge >= 0.3 is 0 Å². The van der Waals surface area contributed by atoms with Crippen molar-refractivity contribution in [3.05, 3.63) is 12.4 Å². The van der Waals surface area contributed by atoms with E-state index in [1.54, 1.807) is 15.8 Å². The number of hydrogen-bond acceptors (Lipinski definition) is 4. The first-order chi connectivity index (χ1) is 14.1. The number of aryl methyl sites for hydroxylation is 1. The van der Waals surface area contributed by atoms with Gasteiger partial charge in [0.2, 0.25) is 11.8 Å². The van der Waals surface area contributed by atoms with Gasteiger partial charge < -0.3 is 20.0 Å². The number of hydrogen-bond donors (Lipinski definition) is 1. The summed E-state index contributed by atoms with van der Waals surface area (Å²) in [6.07, 6.45) is 8.34. The molecule has 0 spiro atoms. The number of likely N-dealkylation sites (tertiary alicyclic amines) is 1. The average Bonchev–Trinajstić information content (AvgIpc) is 3.03. The van der Waals surface area contributed by atoms with E-state index in [-0.39, 0.29) is 11.8 Å². The van der Waals surface area contributed by atoms with Crippen LogP contribution in [-0.4, -0.2) is 83.2 Å². The number of anilines is 1. The topological polar surface area (TPSA) is 86.1 Å². The lowest BCUT2D eigenvalue weighted by atomic mass is 10.2. The van der Waals surface area contributed by atoms with Crippen LogP contribution in [0, 0.1) is 0 Å². The fourth-order valence-corrected chi connectivity index (χ4v) is 3.82. The van der Waals surface area contributed by atoms with E-state index in [9.17, 15) is 9.59 Å². The molecule has 0 unspecified atom stereocenters. The molecule has 29 heavy (non-hydrogen) atoms. The summed E-state index contributed by atoms with van der Waals surface area (Å²) in [7, 11) is 1.85. The molecule has 2 fully saturated rings. The zero-order valence-electron chi connectivity index (χ0n) is 17.6. The maximum atomic E-state index is 12.6. The van der Waals surface area contributed by atoms with Gasteiger partial charge in [0.05, 0.1) is 11.9 Å². The molecule has 3 heterocycles. The van der Waals surface area contributed by atoms with Gasteiger partial charge in [-0.2, -0.15) is 5.10 Å². The first-order valence-electron chi connectivity index (χ1n) is 10.7. The van der Waals surface area contributed by atoms with Crippen LogP contribution in [0.5, 0.6) is 0 Å². The molecule has 1 N–H and O–H groups in total. The van der Waals surface area contributed by atoms with Gasteiger partial charge in [0.1, 0.15) is 6.54 Å². The van der Waals surface area contributed by atoms with Crippen molar-refractivity contribution < 1.29 is 9.59 Å². The molecule has 9 heteroatoms. The summed E-state index contributed by atoms with van der Waals surface area (Å²) in [6.45, 7) is 6.67. The van der Waals surface area contributed by atoms with Gasteiger partial charge in [0.25, 0.3) is 0 Å². The van der Waals surface area contributed by atoms with Crippen molar-refractivity contribution in [2.45, 2.75) is 39.0 Å². The molecule has 9 nitrogen and oxygen atoms in total. The van der Waals surface area contributed by atoms with Crippen LogP contribution in [0.25, 0.3) is 0 Å². The first kappa shape index (κ1) is 21.1. The molecule has 160 valence electrons. The van der Waals surface area contributed by atoms with Gasteiger partial charge in [-0.25, -0.2) is 0 Å². The van der Waals surface area contributed by atoms with E-state index >= 15 is 0 Å². The summed E-state index contributed by atoms with van der Waals surface area (Å²) in [5.74, 6) is 1.09. The van der Waals surface area contributed by atoms with Gasteiger partial charge in [-0.05, 0) is 26.2 Å². The Balaban J connectivity index is 1.52. The van der Waals surface area contributed by atoms with E-state index in [4.69, 9.17) is 4.99 Å². The highest BCUT2D eigenvalue weighted by atomic mass is 16.2. The number of piperazine rings is 1. The molecule has 0 atom stereocenters. The van der Waals surface area contributed by atoms with E-state index in [2.05, 4.69) is 10.4 Å². The second kappa shape index (κ2) is 10.3. The Bertz CT molecular complexity index is 730. The minimum atomic E-state index is 0.0463. The van der Waals surface area contributed by atoms with Crippen LogP contribution < -0.4 is 10.2 Å². The number of nitrogens with one attached hydrogen (secondary N) is 1. The molecule has 2 saturated heterocycles. The zero-order chi connectivity index (χ0) is 20.6. The highest BCUT2D eigenvalue weighted by molar-refractivity contribution is 5.98. The van der Waals surface area contributed by atoms with Crippen molar-refractivity contribution in [2.24, 2.45) is 12.0 Å². The zero-order valence-corrected chi connectivity index (χ0v) is 17.6. The van der Waals surface area contributed by atoms with Gasteiger partial charge in [-0.3, -0.25) is 19.3 Å². The molecule has 0 saturated carbocycles. The monoisotopic (exact) mass is 403 g/mol. The third kappa shape index (κ3) is 5.71. The van der Waals surface area contributed by atoms with Crippen LogP contribution in [-0.2, 0) is 16.6 Å². The van der Waals surface area contributed by atoms with E-state index < -0.39 is 0 Å². The maximum Gasteiger partial charge on any atom is 0.246 e. The molecular formula is C20H33N7O2. The molecule has 0 aliphatic carbocycles. The summed E-state index contributed by atoms with van der Waals surface area (Å²) in [4.78, 5) is 35.2. The number of aromatic nitrogens is 2. The molecule has 0 radical (unpaired) electrons. The van der Waals surface area contributed by atoms with Crippen LogP contribution in [0.3, 0.4) is 0 Å². The third-order valence-electron chi connectivity index (χ3n) is 5.38. The molecule has 2 aliphatic rings. The Hall–Kier alpha value is -2.58. The molecule has 2 aliphatic heterocycles. The number of guanidine groups is 1. The van der Waals surface area contributed by atoms with Crippen LogP contribution in [0.2, 0.25) is 0 Å². The lowest BCUT2D eigenvalue weighted by Crippen LogP contribution is -2.55. The number of carbonyl (C=O) groups is 2. The fourth-order valence-electron chi connectivity index (χ4n) is 3.82. The van der Waals surface area contributed by atoms with Crippen LogP contribution in [0.1, 0.15) is 39.0 Å². The van der Waals surface area contributed by atoms with Crippen molar-refractivity contribution in [1.82, 2.24) is 24.9 Å². The molecular weight excluding hydrogens is 370 g/mol. The van der Waals surface area contributed by atoms with Crippen LogP contribution in [0.4, 0.5) is 5.69 Å². The van der Waals surface area contributed by atoms with Crippen molar-refractivity contribution in [2.75, 3.05) is 50.7 Å². The Labute approximate surface area is 172 Å². The number of amides is 2. The molecule has 3 rings (SSSR count). The SMILES string of the molecule is CCNC(=NCCCN1CCCCCC1=O)N1CCN(c2cnn(C)c2)C(=O)C1. The highest BCUT2D eigenvalue weighted by Crippen LogP contribution is 2.16. The van der Waals surface area contributed by atoms with Crippen molar-refractivity contribution in [1.29, 1.82) is 0 Å². The second-order valence-corrected chi connectivity index (χ2v) is 7.62. The maximum absolute atomic E-state index is 12.6. The van der Waals surface area contributed by atoms with Gasteiger partial charge in [0, 0.05) is 58.9 Å². The van der Waals surface area contributed by atoms with Gasteiger partial charge in [-0.15, -0.1) is 0 Å². The summed E-state index contributed by atoms with van der Waals surface area (Å²) in [5, 5.41) is 7.45. The summed E-state index contributed by atoms with van der Waals surface area (Å²) >= 11 is 0. The summed E-state index contributed by atoms with van der Waals surface area (Å²) in [5.41, 5.74) is 0.834. The summed E-state index contributed by atoms with van der Waals surface area (Å²) in [6, 6.07) is 0. The average molecular weight is 404 g/mol. The molecule has 1 aromatic heterocycles. The van der Waals surface area contributed by atoms with E-state index in [1.165, 1.54) is 0 Å². The molecule has 1 aromatic rings. The lowest BCUT2D eigenvalue weighted by molar-refractivity contribution is -0.130. The van der Waals surface area contributed by atoms with Crippen LogP contribution >= 0.6 is 0 Å². The fraction of sp³-hybridized carbons (Fsp3) is 0.700. The second-order valence-electron chi connectivity index (χ2n) is 7.62. The smallest absolute Gasteiger partial charge is 0.246 e. The number of aliphatic imine (C=N–C) groups is 1. The number of nitrogens with zero attached hydrogens (tertiary/aromatic N) is 6. The summed E-state index contributed by atoms with van der Waals surface area (Å²) < 4.78 is 1.70. The third-order valence-corrected chi connectivity index (χ3v) is 5.38. The predicted molar refractivity (Wildman–Crippen MR) is 113 cm³/mol. The number of rotatable bonds is 6. The Kier molecular flexibility index (Phi) is 7.48. The molecule has 0 bridgehead atoms. The quantitative estimate of drug-likeness (QED) is 0.432. The normalized spacial score (nSPS) is 19.0. The van der Waals surface area contributed by atoms with Crippen molar-refractivity contribution in [3.8, 4) is 0 Å². The Morgan fingerprint density at radius 2 is 2.03 bits per heavy atom. The Morgan fingerprint density at radius 1 is 1.17 bits per heavy atom. The number of carbonyl (C=O) groups excluding carboxylic acids is 2. The van der Waals surface area contributed by atoms with Crippen molar-refractivity contribution in [3.63, 3.8) is 0 Å². The highest BCUT2D eigenvalue weighted by Gasteiger charge is 2.27. The largest absolute Gasteiger partial charge is 0.357 e. The standard InChI is InChI=1S/C20H33N7O2/c1-3-21-20(22-9-7-11-25-10-6-4-5-8-18(25)28)26-12-13-27(19(29)16-26)17-14-23-24(2)15-17/h14-15H,3-13,16H2,1-2H3,(H,21,22). The van der Waals surface area contributed by atoms with E-state index in [0.29, 0.717) is 26.1 Å². The molecule has 2 amide bonds. The van der Waals surface area contributed by atoms with E-state index in [0.717, 1.165) is 63.5 Å². The minimum absolute atomic E-state index is 0.0463. The predicted octanol–water partition coefficient (Wildman–Crippen LogP) is 0.827. The van der Waals surface area contributed by atoms with Gasteiger partial charge in [-0.1, -0.05) is 6.42 Å². The Morgan fingerprint density at radius 3 is 2.76 bits per heavy atom. The molecule has 0 aromatic carbocycles. The minimum Gasteiger partial charge on any atom is -0.357 e. The first-order valence-corrected chi connectivity index (χ1v) is 10.7. The van der Waals surface area contributed by atoms with Crippen molar-refractivity contribution >= 4 is 23.5 Å². The lowest BCUT2D eigenvalue weighted by Gasteiger charge is -2.35. The van der Waals surface area contributed by atoms with Crippen LogP contribution in [0.15, 0.2) is 17.4 Å². The van der Waals surface area contributed by atoms with Gasteiger partial charge in [0.15, 0.2) is 5.96 Å². The van der Waals surface area contributed by atoms with E-state index in [1.807, 2.05) is 30.0 Å².